The van der Waals surface area contributed by atoms with Crippen molar-refractivity contribution in [2.24, 2.45) is 7.05 Å². The van der Waals surface area contributed by atoms with Crippen LogP contribution < -0.4 is 4.90 Å². The van der Waals surface area contributed by atoms with Crippen LogP contribution in [0.4, 0.5) is 10.1 Å². The predicted octanol–water partition coefficient (Wildman–Crippen LogP) is 4.54. The molecule has 7 heteroatoms. The minimum absolute atomic E-state index is 0.215. The highest BCUT2D eigenvalue weighted by Crippen LogP contribution is 2.41. The Kier molecular flexibility index (Phi) is 3.95. The molecule has 144 valence electrons. The van der Waals surface area contributed by atoms with Gasteiger partial charge in [0.15, 0.2) is 5.65 Å². The number of halogens is 2. The molecular weight excluding hydrogens is 379 g/mol. The minimum Gasteiger partial charge on any atom is -0.305 e. The van der Waals surface area contributed by atoms with Crippen molar-refractivity contribution in [2.75, 3.05) is 11.4 Å². The van der Waals surface area contributed by atoms with Crippen LogP contribution in [0.1, 0.15) is 52.5 Å². The quantitative estimate of drug-likeness (QED) is 0.636. The zero-order chi connectivity index (χ0) is 19.6. The number of aryl methyl sites for hydroxylation is 2. The van der Waals surface area contributed by atoms with Crippen molar-refractivity contribution in [1.29, 1.82) is 0 Å². The lowest BCUT2D eigenvalue weighted by molar-refractivity contribution is 0.0985. The van der Waals surface area contributed by atoms with Gasteiger partial charge in [-0.25, -0.2) is 9.37 Å². The number of anilines is 1. The zero-order valence-corrected chi connectivity index (χ0v) is 16.6. The van der Waals surface area contributed by atoms with E-state index >= 15 is 0 Å². The molecule has 1 fully saturated rings. The van der Waals surface area contributed by atoms with Crippen molar-refractivity contribution < 1.29 is 9.18 Å². The van der Waals surface area contributed by atoms with Crippen molar-refractivity contribution in [1.82, 2.24) is 14.8 Å². The summed E-state index contributed by atoms with van der Waals surface area (Å²) in [6.07, 6.45) is 3.58. The number of pyridine rings is 1. The summed E-state index contributed by atoms with van der Waals surface area (Å²) in [6, 6.07) is 4.78. The summed E-state index contributed by atoms with van der Waals surface area (Å²) >= 11 is 6.30. The van der Waals surface area contributed by atoms with Crippen molar-refractivity contribution in [3.8, 4) is 0 Å². The normalized spacial score (nSPS) is 16.5. The van der Waals surface area contributed by atoms with E-state index in [0.29, 0.717) is 46.4 Å². The molecule has 3 heterocycles. The molecule has 0 spiro atoms. The molecule has 28 heavy (non-hydrogen) atoms. The number of hydrogen-bond acceptors (Lipinski definition) is 3. The van der Waals surface area contributed by atoms with E-state index in [9.17, 15) is 9.18 Å². The Labute approximate surface area is 167 Å². The van der Waals surface area contributed by atoms with Crippen molar-refractivity contribution in [3.05, 3.63) is 51.6 Å². The van der Waals surface area contributed by atoms with Gasteiger partial charge < -0.3 is 4.90 Å². The SMILES string of the molecule is Cc1nn(C)c2nc(C3CC3)cc(C(=O)N3CCCc4c(Cl)ccc(F)c43)c12. The van der Waals surface area contributed by atoms with Gasteiger partial charge in [0.25, 0.3) is 5.91 Å². The summed E-state index contributed by atoms with van der Waals surface area (Å²) < 4.78 is 16.4. The Morgan fingerprint density at radius 1 is 1.32 bits per heavy atom. The molecule has 1 saturated carbocycles. The number of carbonyl (C=O) groups excluding carboxylic acids is 1. The molecule has 3 aromatic rings. The zero-order valence-electron chi connectivity index (χ0n) is 15.8. The second kappa shape index (κ2) is 6.27. The standard InChI is InChI=1S/C21H20ClFN4O/c1-11-18-14(10-17(12-5-6-12)24-20(18)26(2)25-11)21(28)27-9-3-4-13-15(22)7-8-16(23)19(13)27/h7-8,10,12H,3-6,9H2,1-2H3. The Hall–Kier alpha value is -2.47. The first-order valence-corrected chi connectivity index (χ1v) is 9.96. The van der Waals surface area contributed by atoms with Crippen LogP contribution >= 0.6 is 11.6 Å². The number of fused-ring (bicyclic) bond motifs is 2. The molecule has 0 atom stereocenters. The fraction of sp³-hybridized carbons (Fsp3) is 0.381. The van der Waals surface area contributed by atoms with E-state index in [-0.39, 0.29) is 5.91 Å². The van der Waals surface area contributed by atoms with Crippen LogP contribution in [0.2, 0.25) is 5.02 Å². The van der Waals surface area contributed by atoms with Gasteiger partial charge in [-0.05, 0) is 56.4 Å². The summed E-state index contributed by atoms with van der Waals surface area (Å²) in [7, 11) is 1.84. The van der Waals surface area contributed by atoms with Crippen LogP contribution in [-0.4, -0.2) is 27.2 Å². The van der Waals surface area contributed by atoms with E-state index in [2.05, 4.69) is 5.10 Å². The minimum atomic E-state index is -0.414. The summed E-state index contributed by atoms with van der Waals surface area (Å²) in [5, 5.41) is 5.71. The molecule has 1 amide bonds. The van der Waals surface area contributed by atoms with E-state index in [1.165, 1.54) is 11.0 Å². The molecule has 0 saturated heterocycles. The van der Waals surface area contributed by atoms with Gasteiger partial charge >= 0.3 is 0 Å². The van der Waals surface area contributed by atoms with E-state index in [4.69, 9.17) is 16.6 Å². The molecule has 5 rings (SSSR count). The monoisotopic (exact) mass is 398 g/mol. The maximum absolute atomic E-state index is 14.7. The average molecular weight is 399 g/mol. The number of hydrogen-bond donors (Lipinski definition) is 0. The molecular formula is C21H20ClFN4O. The molecule has 2 aromatic heterocycles. The second-order valence-corrected chi connectivity index (χ2v) is 8.10. The lowest BCUT2D eigenvalue weighted by Crippen LogP contribution is -2.36. The molecule has 1 aliphatic heterocycles. The molecule has 0 radical (unpaired) electrons. The lowest BCUT2D eigenvalue weighted by Gasteiger charge is -2.30. The molecule has 5 nitrogen and oxygen atoms in total. The van der Waals surface area contributed by atoms with E-state index in [1.54, 1.807) is 10.7 Å². The fourth-order valence-electron chi connectivity index (χ4n) is 4.21. The van der Waals surface area contributed by atoms with E-state index < -0.39 is 5.82 Å². The van der Waals surface area contributed by atoms with Crippen LogP contribution in [0.3, 0.4) is 0 Å². The van der Waals surface area contributed by atoms with Crippen molar-refractivity contribution in [2.45, 2.75) is 38.5 Å². The Bertz CT molecular complexity index is 1140. The Morgan fingerprint density at radius 3 is 2.86 bits per heavy atom. The predicted molar refractivity (Wildman–Crippen MR) is 107 cm³/mol. The highest BCUT2D eigenvalue weighted by Gasteiger charge is 2.32. The number of aromatic nitrogens is 3. The van der Waals surface area contributed by atoms with E-state index in [1.807, 2.05) is 20.0 Å². The van der Waals surface area contributed by atoms with Gasteiger partial charge in [0.05, 0.1) is 22.3 Å². The summed E-state index contributed by atoms with van der Waals surface area (Å²) in [5.74, 6) is -0.235. The third-order valence-electron chi connectivity index (χ3n) is 5.71. The van der Waals surface area contributed by atoms with Gasteiger partial charge in [0.2, 0.25) is 0 Å². The van der Waals surface area contributed by atoms with Crippen LogP contribution in [0.15, 0.2) is 18.2 Å². The van der Waals surface area contributed by atoms with Gasteiger partial charge in [0.1, 0.15) is 5.82 Å². The average Bonchev–Trinajstić information content (AvgIpc) is 3.50. The number of amides is 1. The largest absolute Gasteiger partial charge is 0.305 e. The highest BCUT2D eigenvalue weighted by molar-refractivity contribution is 6.32. The third kappa shape index (κ3) is 2.62. The third-order valence-corrected chi connectivity index (χ3v) is 6.07. The topological polar surface area (TPSA) is 51.0 Å². The first kappa shape index (κ1) is 17.6. The molecule has 0 N–H and O–H groups in total. The summed E-state index contributed by atoms with van der Waals surface area (Å²) in [5.41, 5.74) is 3.93. The smallest absolute Gasteiger partial charge is 0.259 e. The lowest BCUT2D eigenvalue weighted by atomic mass is 9.99. The molecule has 1 aromatic carbocycles. The fourth-order valence-corrected chi connectivity index (χ4v) is 4.46. The first-order chi connectivity index (χ1) is 13.5. The van der Waals surface area contributed by atoms with Crippen LogP contribution in [-0.2, 0) is 13.5 Å². The van der Waals surface area contributed by atoms with Gasteiger partial charge in [-0.3, -0.25) is 9.48 Å². The second-order valence-electron chi connectivity index (χ2n) is 7.69. The number of carbonyl (C=O) groups is 1. The van der Waals surface area contributed by atoms with Crippen LogP contribution in [0, 0.1) is 12.7 Å². The maximum Gasteiger partial charge on any atom is 0.259 e. The number of rotatable bonds is 2. The van der Waals surface area contributed by atoms with Gasteiger partial charge in [-0.1, -0.05) is 11.6 Å². The van der Waals surface area contributed by atoms with Crippen LogP contribution in [0.25, 0.3) is 11.0 Å². The Balaban J connectivity index is 1.70. The van der Waals surface area contributed by atoms with Crippen molar-refractivity contribution >= 4 is 34.2 Å². The molecule has 1 aliphatic carbocycles. The Morgan fingerprint density at radius 2 is 2.11 bits per heavy atom. The first-order valence-electron chi connectivity index (χ1n) is 9.58. The van der Waals surface area contributed by atoms with Gasteiger partial charge in [0, 0.05) is 30.2 Å². The van der Waals surface area contributed by atoms with Gasteiger partial charge in [-0.15, -0.1) is 0 Å². The van der Waals surface area contributed by atoms with Crippen LogP contribution in [0.5, 0.6) is 0 Å². The molecule has 0 bridgehead atoms. The van der Waals surface area contributed by atoms with Gasteiger partial charge in [-0.2, -0.15) is 5.10 Å². The summed E-state index contributed by atoms with van der Waals surface area (Å²) in [4.78, 5) is 19.9. The number of benzene rings is 1. The molecule has 0 unspecified atom stereocenters. The highest BCUT2D eigenvalue weighted by atomic mass is 35.5. The summed E-state index contributed by atoms with van der Waals surface area (Å²) in [6.45, 7) is 2.34. The molecule has 2 aliphatic rings. The van der Waals surface area contributed by atoms with E-state index in [0.717, 1.165) is 36.0 Å². The van der Waals surface area contributed by atoms with Crippen molar-refractivity contribution in [3.63, 3.8) is 0 Å². The number of nitrogens with zero attached hydrogens (tertiary/aromatic N) is 4. The maximum atomic E-state index is 14.7.